The second kappa shape index (κ2) is 7.98. The van der Waals surface area contributed by atoms with E-state index in [2.05, 4.69) is 25.6 Å². The predicted octanol–water partition coefficient (Wildman–Crippen LogP) is 2.94. The molecule has 1 amide bonds. The van der Waals surface area contributed by atoms with Crippen LogP contribution in [0.15, 0.2) is 61.1 Å². The summed E-state index contributed by atoms with van der Waals surface area (Å²) in [4.78, 5) is 36.2. The summed E-state index contributed by atoms with van der Waals surface area (Å²) in [5, 5.41) is 5.77. The Kier molecular flexibility index (Phi) is 5.28. The van der Waals surface area contributed by atoms with Gasteiger partial charge in [0.15, 0.2) is 5.78 Å². The minimum atomic E-state index is -0.345. The summed E-state index contributed by atoms with van der Waals surface area (Å²) in [5.74, 6) is 0.000485. The zero-order valence-corrected chi connectivity index (χ0v) is 14.1. The van der Waals surface area contributed by atoms with E-state index >= 15 is 0 Å². The molecule has 0 unspecified atom stereocenters. The van der Waals surface area contributed by atoms with Crippen LogP contribution in [0.2, 0.25) is 0 Å². The Morgan fingerprint density at radius 3 is 2.46 bits per heavy atom. The Morgan fingerprint density at radius 1 is 0.962 bits per heavy atom. The summed E-state index contributed by atoms with van der Waals surface area (Å²) >= 11 is 0. The molecule has 0 spiro atoms. The van der Waals surface area contributed by atoms with Crippen LogP contribution < -0.4 is 10.6 Å². The standard InChI is InChI=1S/C19H17N5O2/c1-13(25)14-5-4-7-16(9-14)24-18(26)15-10-21-19(22-11-15)23-12-17-6-2-3-8-20-17/h2-11H,12H2,1H3,(H,24,26)(H,21,22,23). The zero-order valence-electron chi connectivity index (χ0n) is 14.1. The molecule has 0 atom stereocenters. The molecule has 2 heterocycles. The highest BCUT2D eigenvalue weighted by molar-refractivity contribution is 6.04. The number of nitrogens with zero attached hydrogens (tertiary/aromatic N) is 3. The van der Waals surface area contributed by atoms with Gasteiger partial charge in [0.25, 0.3) is 5.91 Å². The van der Waals surface area contributed by atoms with Gasteiger partial charge in [0.05, 0.1) is 17.8 Å². The molecule has 26 heavy (non-hydrogen) atoms. The van der Waals surface area contributed by atoms with Gasteiger partial charge in [0.1, 0.15) is 0 Å². The van der Waals surface area contributed by atoms with Gasteiger partial charge in [-0.2, -0.15) is 0 Å². The van der Waals surface area contributed by atoms with Crippen LogP contribution in [-0.4, -0.2) is 26.6 Å². The van der Waals surface area contributed by atoms with Crippen LogP contribution in [0.4, 0.5) is 11.6 Å². The number of amides is 1. The summed E-state index contributed by atoms with van der Waals surface area (Å²) in [6.45, 7) is 1.97. The Bertz CT molecular complexity index is 911. The van der Waals surface area contributed by atoms with Gasteiger partial charge >= 0.3 is 0 Å². The highest BCUT2D eigenvalue weighted by atomic mass is 16.1. The molecule has 7 nitrogen and oxygen atoms in total. The van der Waals surface area contributed by atoms with Gasteiger partial charge in [0, 0.05) is 29.8 Å². The topological polar surface area (TPSA) is 96.9 Å². The van der Waals surface area contributed by atoms with E-state index in [1.165, 1.54) is 19.3 Å². The molecule has 7 heteroatoms. The number of hydrogen-bond donors (Lipinski definition) is 2. The first-order chi connectivity index (χ1) is 12.6. The van der Waals surface area contributed by atoms with Gasteiger partial charge < -0.3 is 10.6 Å². The lowest BCUT2D eigenvalue weighted by Gasteiger charge is -2.07. The monoisotopic (exact) mass is 347 g/mol. The summed E-state index contributed by atoms with van der Waals surface area (Å²) in [5.41, 5.74) is 2.26. The molecule has 1 aromatic carbocycles. The van der Waals surface area contributed by atoms with Gasteiger partial charge in [-0.1, -0.05) is 18.2 Å². The largest absolute Gasteiger partial charge is 0.349 e. The van der Waals surface area contributed by atoms with E-state index in [4.69, 9.17) is 0 Å². The van der Waals surface area contributed by atoms with Crippen molar-refractivity contribution in [3.63, 3.8) is 0 Å². The average Bonchev–Trinajstić information content (AvgIpc) is 2.68. The lowest BCUT2D eigenvalue weighted by atomic mass is 10.1. The Morgan fingerprint density at radius 2 is 1.77 bits per heavy atom. The number of carbonyl (C=O) groups is 2. The van der Waals surface area contributed by atoms with E-state index in [0.29, 0.717) is 29.3 Å². The SMILES string of the molecule is CC(=O)c1cccc(NC(=O)c2cnc(NCc3ccccn3)nc2)c1. The summed E-state index contributed by atoms with van der Waals surface area (Å²) < 4.78 is 0. The Hall–Kier alpha value is -3.61. The molecule has 0 saturated carbocycles. The van der Waals surface area contributed by atoms with Crippen molar-refractivity contribution in [3.05, 3.63) is 77.9 Å². The van der Waals surface area contributed by atoms with Crippen molar-refractivity contribution in [3.8, 4) is 0 Å². The van der Waals surface area contributed by atoms with Crippen molar-refractivity contribution in [2.24, 2.45) is 0 Å². The van der Waals surface area contributed by atoms with E-state index in [1.54, 1.807) is 30.5 Å². The van der Waals surface area contributed by atoms with Gasteiger partial charge in [0.2, 0.25) is 5.95 Å². The minimum Gasteiger partial charge on any atom is -0.349 e. The summed E-state index contributed by atoms with van der Waals surface area (Å²) in [7, 11) is 0. The lowest BCUT2D eigenvalue weighted by Crippen LogP contribution is -2.14. The summed E-state index contributed by atoms with van der Waals surface area (Å²) in [6.07, 6.45) is 4.60. The van der Waals surface area contributed by atoms with Crippen molar-refractivity contribution in [2.45, 2.75) is 13.5 Å². The van der Waals surface area contributed by atoms with E-state index in [1.807, 2.05) is 18.2 Å². The van der Waals surface area contributed by atoms with Crippen molar-refractivity contribution in [2.75, 3.05) is 10.6 Å². The second-order valence-corrected chi connectivity index (χ2v) is 5.56. The second-order valence-electron chi connectivity index (χ2n) is 5.56. The molecule has 2 N–H and O–H groups in total. The number of rotatable bonds is 6. The van der Waals surface area contributed by atoms with Gasteiger partial charge in [-0.25, -0.2) is 9.97 Å². The van der Waals surface area contributed by atoms with Gasteiger partial charge in [-0.3, -0.25) is 14.6 Å². The molecule has 130 valence electrons. The normalized spacial score (nSPS) is 10.2. The van der Waals surface area contributed by atoms with Crippen LogP contribution in [0.25, 0.3) is 0 Å². The summed E-state index contributed by atoms with van der Waals surface area (Å²) in [6, 6.07) is 12.4. The fraction of sp³-hybridized carbons (Fsp3) is 0.105. The number of anilines is 2. The number of hydrogen-bond acceptors (Lipinski definition) is 6. The quantitative estimate of drug-likeness (QED) is 0.666. The molecule has 0 radical (unpaired) electrons. The third-order valence-electron chi connectivity index (χ3n) is 3.59. The molecule has 0 aliphatic rings. The molecular formula is C19H17N5O2. The van der Waals surface area contributed by atoms with Gasteiger partial charge in [-0.05, 0) is 31.2 Å². The average molecular weight is 347 g/mol. The maximum atomic E-state index is 12.3. The number of Topliss-reactive ketones (excluding diaryl/α,β-unsaturated/α-hetero) is 1. The highest BCUT2D eigenvalue weighted by Crippen LogP contribution is 2.13. The number of aromatic nitrogens is 3. The van der Waals surface area contributed by atoms with Crippen LogP contribution in [0.1, 0.15) is 33.3 Å². The molecule has 0 saturated heterocycles. The lowest BCUT2D eigenvalue weighted by molar-refractivity contribution is 0.101. The molecule has 3 rings (SSSR count). The fourth-order valence-corrected chi connectivity index (χ4v) is 2.23. The number of ketones is 1. The molecule has 0 aliphatic carbocycles. The molecule has 3 aromatic rings. The maximum absolute atomic E-state index is 12.3. The molecule has 0 aliphatic heterocycles. The number of benzene rings is 1. The number of carbonyl (C=O) groups excluding carboxylic acids is 2. The Labute approximate surface area is 150 Å². The van der Waals surface area contributed by atoms with E-state index < -0.39 is 0 Å². The van der Waals surface area contributed by atoms with Crippen LogP contribution in [0, 0.1) is 0 Å². The smallest absolute Gasteiger partial charge is 0.258 e. The van der Waals surface area contributed by atoms with Gasteiger partial charge in [-0.15, -0.1) is 0 Å². The van der Waals surface area contributed by atoms with Crippen molar-refractivity contribution in [1.82, 2.24) is 15.0 Å². The van der Waals surface area contributed by atoms with Crippen LogP contribution in [0.3, 0.4) is 0 Å². The number of nitrogens with one attached hydrogen (secondary N) is 2. The van der Waals surface area contributed by atoms with E-state index in [0.717, 1.165) is 5.69 Å². The zero-order chi connectivity index (χ0) is 18.4. The number of pyridine rings is 1. The Balaban J connectivity index is 1.61. The van der Waals surface area contributed by atoms with Crippen molar-refractivity contribution in [1.29, 1.82) is 0 Å². The van der Waals surface area contributed by atoms with Crippen molar-refractivity contribution >= 4 is 23.3 Å². The fourth-order valence-electron chi connectivity index (χ4n) is 2.23. The minimum absolute atomic E-state index is 0.0623. The van der Waals surface area contributed by atoms with Crippen LogP contribution in [0.5, 0.6) is 0 Å². The predicted molar refractivity (Wildman–Crippen MR) is 98.0 cm³/mol. The molecule has 0 fully saturated rings. The first-order valence-corrected chi connectivity index (χ1v) is 8.00. The van der Waals surface area contributed by atoms with Crippen molar-refractivity contribution < 1.29 is 9.59 Å². The first kappa shape index (κ1) is 17.2. The van der Waals surface area contributed by atoms with E-state index in [9.17, 15) is 9.59 Å². The molecule has 2 aromatic heterocycles. The first-order valence-electron chi connectivity index (χ1n) is 8.00. The van der Waals surface area contributed by atoms with Crippen LogP contribution >= 0.6 is 0 Å². The third kappa shape index (κ3) is 4.47. The maximum Gasteiger partial charge on any atom is 0.258 e. The molecule has 0 bridgehead atoms. The van der Waals surface area contributed by atoms with E-state index in [-0.39, 0.29) is 11.7 Å². The third-order valence-corrected chi connectivity index (χ3v) is 3.59. The van der Waals surface area contributed by atoms with Crippen LogP contribution in [-0.2, 0) is 6.54 Å². The highest BCUT2D eigenvalue weighted by Gasteiger charge is 2.09. The molecular weight excluding hydrogens is 330 g/mol.